The Morgan fingerprint density at radius 3 is 2.79 bits per heavy atom. The number of hydrogen-bond acceptors (Lipinski definition) is 5. The fraction of sp³-hybridized carbons (Fsp3) is 0.400. The van der Waals surface area contributed by atoms with E-state index in [2.05, 4.69) is 9.71 Å². The first-order valence-electron chi connectivity index (χ1n) is 7.55. The van der Waals surface area contributed by atoms with Crippen LogP contribution in [0, 0.1) is 0 Å². The number of carbonyl (C=O) groups excluding carboxylic acids is 1. The van der Waals surface area contributed by atoms with Crippen molar-refractivity contribution in [2.24, 2.45) is 4.40 Å². The van der Waals surface area contributed by atoms with Gasteiger partial charge in [0.15, 0.2) is 5.84 Å². The van der Waals surface area contributed by atoms with Gasteiger partial charge in [-0.3, -0.25) is 9.59 Å². The highest BCUT2D eigenvalue weighted by Crippen LogP contribution is 2.31. The molecule has 0 unspecified atom stereocenters. The average Bonchev–Trinajstić information content (AvgIpc) is 3.10. The zero-order valence-corrected chi connectivity index (χ0v) is 13.8. The maximum absolute atomic E-state index is 12.4. The number of aliphatic carboxylic acids is 1. The summed E-state index contributed by atoms with van der Waals surface area (Å²) in [6.45, 7) is 1.87. The van der Waals surface area contributed by atoms with Gasteiger partial charge in [-0.1, -0.05) is 12.1 Å². The highest BCUT2D eigenvalue weighted by atomic mass is 32.2. The second kappa shape index (κ2) is 5.90. The highest BCUT2D eigenvalue weighted by Gasteiger charge is 2.39. The minimum absolute atomic E-state index is 0.130. The Morgan fingerprint density at radius 1 is 1.38 bits per heavy atom. The molecule has 128 valence electrons. The van der Waals surface area contributed by atoms with Gasteiger partial charge in [-0.15, -0.1) is 4.40 Å². The van der Waals surface area contributed by atoms with Gasteiger partial charge in [0.1, 0.15) is 17.0 Å². The number of amidine groups is 1. The number of sulfonamides is 1. The van der Waals surface area contributed by atoms with Crippen LogP contribution in [0.1, 0.15) is 25.3 Å². The van der Waals surface area contributed by atoms with E-state index in [9.17, 15) is 18.0 Å². The zero-order valence-electron chi connectivity index (χ0n) is 13.0. The predicted octanol–water partition coefficient (Wildman–Crippen LogP) is 0.189. The monoisotopic (exact) mass is 351 g/mol. The van der Waals surface area contributed by atoms with Gasteiger partial charge in [0.05, 0.1) is 0 Å². The summed E-state index contributed by atoms with van der Waals surface area (Å²) in [6.07, 6.45) is 1.21. The van der Waals surface area contributed by atoms with E-state index in [4.69, 9.17) is 5.11 Å². The van der Waals surface area contributed by atoms with Crippen molar-refractivity contribution < 1.29 is 23.1 Å². The predicted molar refractivity (Wildman–Crippen MR) is 85.1 cm³/mol. The second-order valence-electron chi connectivity index (χ2n) is 5.81. The number of carbonyl (C=O) groups is 2. The third kappa shape index (κ3) is 2.75. The van der Waals surface area contributed by atoms with Crippen LogP contribution >= 0.6 is 0 Å². The molecule has 0 saturated carbocycles. The molecule has 1 fully saturated rings. The van der Waals surface area contributed by atoms with E-state index in [1.165, 1.54) is 13.0 Å². The van der Waals surface area contributed by atoms with Crippen molar-refractivity contribution in [2.75, 3.05) is 6.54 Å². The van der Waals surface area contributed by atoms with E-state index in [0.717, 1.165) is 0 Å². The molecule has 8 nitrogen and oxygen atoms in total. The van der Waals surface area contributed by atoms with Crippen LogP contribution in [0.5, 0.6) is 0 Å². The summed E-state index contributed by atoms with van der Waals surface area (Å²) in [7, 11) is -3.76. The van der Waals surface area contributed by atoms with E-state index < -0.39 is 34.0 Å². The topological polar surface area (TPSA) is 116 Å². The molecule has 0 radical (unpaired) electrons. The van der Waals surface area contributed by atoms with Crippen LogP contribution in [-0.4, -0.2) is 54.8 Å². The van der Waals surface area contributed by atoms with Crippen molar-refractivity contribution in [3.05, 3.63) is 29.8 Å². The number of benzene rings is 1. The molecule has 0 bridgehead atoms. The first kappa shape index (κ1) is 16.4. The number of fused-ring (bicyclic) bond motifs is 1. The Hall–Kier alpha value is -2.42. The first-order valence-corrected chi connectivity index (χ1v) is 8.99. The number of carboxylic acids is 1. The van der Waals surface area contributed by atoms with Crippen molar-refractivity contribution in [3.63, 3.8) is 0 Å². The van der Waals surface area contributed by atoms with Gasteiger partial charge in [0.25, 0.3) is 10.0 Å². The molecule has 1 aromatic carbocycles. The molecule has 9 heteroatoms. The standard InChI is InChI=1S/C15H17N3O5S/c1-9(15(20)21)16-14(19)11-6-4-8-18(11)13-10-5-2-3-7-12(10)24(22,23)17-13/h2-3,5,7,9,11H,4,6,8H2,1H3,(H,16,19)(H,20,21)/t9-,11+/m1/s1. The molecule has 1 aromatic rings. The van der Waals surface area contributed by atoms with E-state index in [-0.39, 0.29) is 10.7 Å². The van der Waals surface area contributed by atoms with Crippen LogP contribution in [0.15, 0.2) is 33.6 Å². The molecule has 0 aliphatic carbocycles. The Bertz CT molecular complexity index is 833. The molecule has 1 amide bonds. The summed E-state index contributed by atoms with van der Waals surface area (Å²) in [5, 5.41) is 11.4. The van der Waals surface area contributed by atoms with Crippen LogP contribution in [-0.2, 0) is 19.6 Å². The summed E-state index contributed by atoms with van der Waals surface area (Å²) >= 11 is 0. The SMILES string of the molecule is C[C@@H](NC(=O)[C@@H]1CCCN1C1=NS(=O)(=O)c2ccccc21)C(=O)O. The number of likely N-dealkylation sites (tertiary alicyclic amines) is 1. The molecular weight excluding hydrogens is 334 g/mol. The number of rotatable bonds is 3. The lowest BCUT2D eigenvalue weighted by atomic mass is 10.1. The molecule has 1 saturated heterocycles. The molecule has 0 aromatic heterocycles. The van der Waals surface area contributed by atoms with Gasteiger partial charge in [0.2, 0.25) is 5.91 Å². The van der Waals surface area contributed by atoms with Crippen LogP contribution < -0.4 is 5.32 Å². The van der Waals surface area contributed by atoms with Gasteiger partial charge < -0.3 is 15.3 Å². The van der Waals surface area contributed by atoms with Crippen molar-refractivity contribution in [1.29, 1.82) is 0 Å². The molecule has 24 heavy (non-hydrogen) atoms. The Morgan fingerprint density at radius 2 is 2.08 bits per heavy atom. The van der Waals surface area contributed by atoms with E-state index >= 15 is 0 Å². The third-order valence-corrected chi connectivity index (χ3v) is 5.49. The van der Waals surface area contributed by atoms with Gasteiger partial charge in [0, 0.05) is 12.1 Å². The van der Waals surface area contributed by atoms with Crippen LogP contribution in [0.3, 0.4) is 0 Å². The van der Waals surface area contributed by atoms with Crippen molar-refractivity contribution in [1.82, 2.24) is 10.2 Å². The van der Waals surface area contributed by atoms with Crippen LogP contribution in [0.2, 0.25) is 0 Å². The summed E-state index contributed by atoms with van der Waals surface area (Å²) in [4.78, 5) is 25.1. The highest BCUT2D eigenvalue weighted by molar-refractivity contribution is 7.90. The quantitative estimate of drug-likeness (QED) is 0.803. The first-order chi connectivity index (χ1) is 11.3. The Balaban J connectivity index is 1.90. The largest absolute Gasteiger partial charge is 0.480 e. The smallest absolute Gasteiger partial charge is 0.325 e. The maximum Gasteiger partial charge on any atom is 0.325 e. The average molecular weight is 351 g/mol. The lowest BCUT2D eigenvalue weighted by molar-refractivity contribution is -0.141. The van der Waals surface area contributed by atoms with Gasteiger partial charge in [-0.05, 0) is 31.9 Å². The molecule has 2 aliphatic rings. The zero-order chi connectivity index (χ0) is 17.5. The number of amides is 1. The lowest BCUT2D eigenvalue weighted by Crippen LogP contribution is -2.50. The van der Waals surface area contributed by atoms with Gasteiger partial charge >= 0.3 is 5.97 Å². The summed E-state index contributed by atoms with van der Waals surface area (Å²) < 4.78 is 28.2. The second-order valence-corrected chi connectivity index (χ2v) is 7.38. The molecule has 0 spiro atoms. The van der Waals surface area contributed by atoms with Crippen molar-refractivity contribution >= 4 is 27.7 Å². The molecule has 3 rings (SSSR count). The Labute approximate surface area is 139 Å². The molecule has 2 aliphatic heterocycles. The number of nitrogens with zero attached hydrogens (tertiary/aromatic N) is 2. The van der Waals surface area contributed by atoms with E-state index in [1.54, 1.807) is 23.1 Å². The van der Waals surface area contributed by atoms with Crippen molar-refractivity contribution in [3.8, 4) is 0 Å². The minimum atomic E-state index is -3.76. The number of carboxylic acid groups (broad SMARTS) is 1. The number of hydrogen-bond donors (Lipinski definition) is 2. The van der Waals surface area contributed by atoms with Crippen LogP contribution in [0.25, 0.3) is 0 Å². The fourth-order valence-electron chi connectivity index (χ4n) is 2.96. The maximum atomic E-state index is 12.4. The molecule has 2 heterocycles. The molecule has 2 atom stereocenters. The molecular formula is C15H17N3O5S. The fourth-order valence-corrected chi connectivity index (χ4v) is 4.18. The summed E-state index contributed by atoms with van der Waals surface area (Å²) in [5.74, 6) is -1.31. The summed E-state index contributed by atoms with van der Waals surface area (Å²) in [6, 6.07) is 4.84. The summed E-state index contributed by atoms with van der Waals surface area (Å²) in [5.41, 5.74) is 0.475. The molecule has 2 N–H and O–H groups in total. The third-order valence-electron chi connectivity index (χ3n) is 4.17. The van der Waals surface area contributed by atoms with Gasteiger partial charge in [-0.25, -0.2) is 0 Å². The van der Waals surface area contributed by atoms with Gasteiger partial charge in [-0.2, -0.15) is 8.42 Å². The van der Waals surface area contributed by atoms with Crippen molar-refractivity contribution in [2.45, 2.75) is 36.7 Å². The normalized spacial score (nSPS) is 22.6. The number of nitrogens with one attached hydrogen (secondary N) is 1. The van der Waals surface area contributed by atoms with E-state index in [1.807, 2.05) is 0 Å². The Kier molecular flexibility index (Phi) is 4.04. The van der Waals surface area contributed by atoms with Crippen LogP contribution in [0.4, 0.5) is 0 Å². The van der Waals surface area contributed by atoms with E-state index in [0.29, 0.717) is 24.9 Å². The minimum Gasteiger partial charge on any atom is -0.480 e. The lowest BCUT2D eigenvalue weighted by Gasteiger charge is -2.26.